The van der Waals surface area contributed by atoms with Crippen molar-refractivity contribution >= 4 is 15.7 Å². The predicted molar refractivity (Wildman–Crippen MR) is 86.0 cm³/mol. The van der Waals surface area contributed by atoms with Crippen molar-refractivity contribution in [2.45, 2.75) is 43.5 Å². The molecule has 23 heavy (non-hydrogen) atoms. The number of non-ortho nitro benzene ring substituents is 1. The fourth-order valence-corrected chi connectivity index (χ4v) is 4.53. The van der Waals surface area contributed by atoms with E-state index in [0.717, 1.165) is 31.7 Å². The fraction of sp³-hybridized carbons (Fsp3) is 0.600. The number of sulfonamides is 1. The van der Waals surface area contributed by atoms with Gasteiger partial charge in [0.1, 0.15) is 10.6 Å². The monoisotopic (exact) mass is 342 g/mol. The quantitative estimate of drug-likeness (QED) is 0.606. The van der Waals surface area contributed by atoms with Crippen LogP contribution in [0.2, 0.25) is 0 Å². The van der Waals surface area contributed by atoms with E-state index in [-0.39, 0.29) is 22.4 Å². The molecule has 0 aromatic heterocycles. The Morgan fingerprint density at radius 1 is 1.26 bits per heavy atom. The van der Waals surface area contributed by atoms with Crippen LogP contribution in [0, 0.1) is 16.0 Å². The zero-order valence-corrected chi connectivity index (χ0v) is 14.4. The first-order valence-corrected chi connectivity index (χ1v) is 9.02. The highest BCUT2D eigenvalue weighted by Crippen LogP contribution is 2.34. The third-order valence-corrected chi connectivity index (χ3v) is 6.45. The maximum atomic E-state index is 12.9. The number of benzene rings is 1. The highest BCUT2D eigenvalue weighted by atomic mass is 32.2. The van der Waals surface area contributed by atoms with E-state index in [9.17, 15) is 18.5 Å². The van der Waals surface area contributed by atoms with Crippen LogP contribution in [0.4, 0.5) is 5.69 Å². The third kappa shape index (κ3) is 3.64. The van der Waals surface area contributed by atoms with Gasteiger partial charge in [0.25, 0.3) is 5.69 Å². The Morgan fingerprint density at radius 3 is 2.39 bits per heavy atom. The van der Waals surface area contributed by atoms with Gasteiger partial charge < -0.3 is 4.74 Å². The molecule has 0 atom stereocenters. The molecule has 0 saturated heterocycles. The molecule has 0 heterocycles. The zero-order valence-electron chi connectivity index (χ0n) is 13.6. The smallest absolute Gasteiger partial charge is 0.271 e. The van der Waals surface area contributed by atoms with Crippen LogP contribution in [0.5, 0.6) is 5.75 Å². The lowest BCUT2D eigenvalue weighted by Gasteiger charge is -2.33. The molecule has 1 aromatic rings. The molecule has 2 rings (SSSR count). The van der Waals surface area contributed by atoms with Gasteiger partial charge in [0.2, 0.25) is 10.0 Å². The largest absolute Gasteiger partial charge is 0.495 e. The van der Waals surface area contributed by atoms with E-state index in [2.05, 4.69) is 6.92 Å². The first-order valence-electron chi connectivity index (χ1n) is 7.57. The number of nitro groups is 1. The molecule has 0 radical (unpaired) electrons. The number of nitro benzene ring substituents is 1. The van der Waals surface area contributed by atoms with Crippen LogP contribution in [-0.4, -0.2) is 37.8 Å². The van der Waals surface area contributed by atoms with Crippen LogP contribution in [0.15, 0.2) is 23.1 Å². The second-order valence-corrected chi connectivity index (χ2v) is 7.99. The average molecular weight is 342 g/mol. The van der Waals surface area contributed by atoms with Gasteiger partial charge in [0.05, 0.1) is 12.0 Å². The van der Waals surface area contributed by atoms with Crippen LogP contribution in [0.25, 0.3) is 0 Å². The average Bonchev–Trinajstić information content (AvgIpc) is 2.54. The molecule has 1 aliphatic rings. The second kappa shape index (κ2) is 6.84. The zero-order chi connectivity index (χ0) is 17.2. The normalized spacial score (nSPS) is 22.1. The molecular formula is C15H22N2O5S. The number of hydrogen-bond acceptors (Lipinski definition) is 5. The second-order valence-electron chi connectivity index (χ2n) is 6.03. The molecule has 8 heteroatoms. The summed E-state index contributed by atoms with van der Waals surface area (Å²) in [6.07, 6.45) is 3.56. The minimum absolute atomic E-state index is 0.0832. The minimum atomic E-state index is -3.85. The summed E-state index contributed by atoms with van der Waals surface area (Å²) in [5, 5.41) is 10.9. The van der Waals surface area contributed by atoms with Gasteiger partial charge in [-0.3, -0.25) is 10.1 Å². The van der Waals surface area contributed by atoms with E-state index in [1.807, 2.05) is 0 Å². The van der Waals surface area contributed by atoms with Gasteiger partial charge in [-0.05, 0) is 37.7 Å². The standard InChI is InChI=1S/C15H22N2O5S/c1-11-4-6-12(7-5-11)16(2)23(20,21)15-10-13(17(18)19)8-9-14(15)22-3/h8-12H,4-7H2,1-3H3. The van der Waals surface area contributed by atoms with Crippen LogP contribution in [-0.2, 0) is 10.0 Å². The first kappa shape index (κ1) is 17.7. The molecule has 0 spiro atoms. The summed E-state index contributed by atoms with van der Waals surface area (Å²) in [5.41, 5.74) is -0.268. The van der Waals surface area contributed by atoms with Crippen LogP contribution >= 0.6 is 0 Å². The van der Waals surface area contributed by atoms with Crippen molar-refractivity contribution in [2.24, 2.45) is 5.92 Å². The summed E-state index contributed by atoms with van der Waals surface area (Å²) in [7, 11) is -0.965. The highest BCUT2D eigenvalue weighted by Gasteiger charge is 2.33. The lowest BCUT2D eigenvalue weighted by Crippen LogP contribution is -2.39. The molecule has 0 unspecified atom stereocenters. The van der Waals surface area contributed by atoms with Gasteiger partial charge in [0, 0.05) is 25.2 Å². The van der Waals surface area contributed by atoms with Crippen LogP contribution < -0.4 is 4.74 Å². The van der Waals surface area contributed by atoms with E-state index >= 15 is 0 Å². The van der Waals surface area contributed by atoms with E-state index in [1.54, 1.807) is 0 Å². The molecular weight excluding hydrogens is 320 g/mol. The molecule has 1 saturated carbocycles. The molecule has 0 aliphatic heterocycles. The maximum absolute atomic E-state index is 12.9. The number of nitrogens with zero attached hydrogens (tertiary/aromatic N) is 2. The van der Waals surface area contributed by atoms with Crippen molar-refractivity contribution in [3.63, 3.8) is 0 Å². The molecule has 1 aromatic carbocycles. The van der Waals surface area contributed by atoms with Gasteiger partial charge in [-0.25, -0.2) is 8.42 Å². The number of hydrogen-bond donors (Lipinski definition) is 0. The molecule has 128 valence electrons. The topological polar surface area (TPSA) is 89.7 Å². The lowest BCUT2D eigenvalue weighted by molar-refractivity contribution is -0.385. The van der Waals surface area contributed by atoms with Gasteiger partial charge in [-0.15, -0.1) is 0 Å². The summed E-state index contributed by atoms with van der Waals surface area (Å²) in [5.74, 6) is 0.723. The molecule has 0 N–H and O–H groups in total. The minimum Gasteiger partial charge on any atom is -0.495 e. The van der Waals surface area contributed by atoms with Gasteiger partial charge in [-0.2, -0.15) is 4.31 Å². The van der Waals surface area contributed by atoms with Crippen molar-refractivity contribution in [1.29, 1.82) is 0 Å². The molecule has 0 amide bonds. The third-order valence-electron chi connectivity index (χ3n) is 4.51. The van der Waals surface area contributed by atoms with Gasteiger partial charge in [0.15, 0.2) is 0 Å². The number of methoxy groups -OCH3 is 1. The number of ether oxygens (including phenoxy) is 1. The van der Waals surface area contributed by atoms with Crippen molar-refractivity contribution < 1.29 is 18.1 Å². The highest BCUT2D eigenvalue weighted by molar-refractivity contribution is 7.89. The summed E-state index contributed by atoms with van der Waals surface area (Å²) in [6.45, 7) is 2.16. The summed E-state index contributed by atoms with van der Waals surface area (Å²) in [4.78, 5) is 10.2. The Balaban J connectivity index is 2.38. The Hall–Kier alpha value is -1.67. The maximum Gasteiger partial charge on any atom is 0.271 e. The Kier molecular flexibility index (Phi) is 5.26. The molecule has 7 nitrogen and oxygen atoms in total. The molecule has 1 fully saturated rings. The van der Waals surface area contributed by atoms with E-state index in [4.69, 9.17) is 4.74 Å². The van der Waals surface area contributed by atoms with Crippen molar-refractivity contribution in [3.8, 4) is 5.75 Å². The molecule has 0 bridgehead atoms. The van der Waals surface area contributed by atoms with E-state index in [0.29, 0.717) is 5.92 Å². The summed E-state index contributed by atoms with van der Waals surface area (Å²) in [6, 6.07) is 3.54. The van der Waals surface area contributed by atoms with Crippen molar-refractivity contribution in [1.82, 2.24) is 4.31 Å². The number of rotatable bonds is 5. The van der Waals surface area contributed by atoms with E-state index < -0.39 is 14.9 Å². The van der Waals surface area contributed by atoms with Crippen molar-refractivity contribution in [3.05, 3.63) is 28.3 Å². The predicted octanol–water partition coefficient (Wildman–Crippen LogP) is 2.80. The van der Waals surface area contributed by atoms with Crippen LogP contribution in [0.1, 0.15) is 32.6 Å². The molecule has 1 aliphatic carbocycles. The van der Waals surface area contributed by atoms with Crippen molar-refractivity contribution in [2.75, 3.05) is 14.2 Å². The Morgan fingerprint density at radius 2 is 1.87 bits per heavy atom. The van der Waals surface area contributed by atoms with Gasteiger partial charge in [-0.1, -0.05) is 6.92 Å². The Bertz CT molecular complexity index is 681. The first-order chi connectivity index (χ1) is 10.8. The fourth-order valence-electron chi connectivity index (χ4n) is 2.94. The van der Waals surface area contributed by atoms with E-state index in [1.165, 1.54) is 30.6 Å². The lowest BCUT2D eigenvalue weighted by atomic mass is 9.87. The Labute approximate surface area is 136 Å². The summed E-state index contributed by atoms with van der Waals surface area (Å²) < 4.78 is 32.2. The van der Waals surface area contributed by atoms with Crippen LogP contribution in [0.3, 0.4) is 0 Å². The summed E-state index contributed by atoms with van der Waals surface area (Å²) >= 11 is 0. The SMILES string of the molecule is COc1ccc([N+](=O)[O-])cc1S(=O)(=O)N(C)C1CCC(C)CC1. The van der Waals surface area contributed by atoms with Gasteiger partial charge >= 0.3 is 0 Å².